The Morgan fingerprint density at radius 2 is 1.73 bits per heavy atom. The van der Waals surface area contributed by atoms with Gasteiger partial charge in [-0.05, 0) is 29.7 Å². The van der Waals surface area contributed by atoms with Crippen molar-refractivity contribution in [3.8, 4) is 0 Å². The Kier molecular flexibility index (Phi) is 11.0. The maximum atomic E-state index is 13.4. The van der Waals surface area contributed by atoms with Gasteiger partial charge >= 0.3 is 17.5 Å². The van der Waals surface area contributed by atoms with Gasteiger partial charge in [0.25, 0.3) is 0 Å². The summed E-state index contributed by atoms with van der Waals surface area (Å²) in [7, 11) is 2.82. The summed E-state index contributed by atoms with van der Waals surface area (Å²) in [4.78, 5) is 30.0. The highest BCUT2D eigenvalue weighted by Crippen LogP contribution is 2.24. The van der Waals surface area contributed by atoms with E-state index in [2.05, 4.69) is 25.4 Å². The van der Waals surface area contributed by atoms with E-state index in [1.807, 2.05) is 35.7 Å². The molecule has 0 saturated heterocycles. The molecule has 0 bridgehead atoms. The summed E-state index contributed by atoms with van der Waals surface area (Å²) < 4.78 is 33.8. The Morgan fingerprint density at radius 1 is 1.03 bits per heavy atom. The van der Waals surface area contributed by atoms with Crippen molar-refractivity contribution in [2.24, 2.45) is 0 Å². The van der Waals surface area contributed by atoms with Gasteiger partial charge in [0, 0.05) is 18.9 Å². The van der Waals surface area contributed by atoms with Crippen molar-refractivity contribution in [2.75, 3.05) is 19.7 Å². The number of alkyl carbamates (subject to hydrolysis) is 1. The average molecular weight is 549 g/mol. The van der Waals surface area contributed by atoms with Crippen molar-refractivity contribution < 1.29 is 32.1 Å². The number of carbonyl (C=O) groups is 2. The molecule has 0 aliphatic heterocycles. The van der Waals surface area contributed by atoms with Crippen LogP contribution in [-0.2, 0) is 49.4 Å². The van der Waals surface area contributed by atoms with Crippen LogP contribution < -0.4 is 16.1 Å². The SMILES string of the molecule is COCc1csc([C@H](Cc2ccc(NOS(=O)O)cc2)NC(=O)[C@H](Cc2ccccc2)NC(=O)OC)n1. The summed E-state index contributed by atoms with van der Waals surface area (Å²) in [5.74, 6) is -0.389. The van der Waals surface area contributed by atoms with Crippen molar-refractivity contribution in [3.05, 3.63) is 81.8 Å². The number of hydrogen-bond acceptors (Lipinski definition) is 9. The lowest BCUT2D eigenvalue weighted by atomic mass is 10.0. The van der Waals surface area contributed by atoms with Crippen molar-refractivity contribution in [3.63, 3.8) is 0 Å². The minimum absolute atomic E-state index is 0.272. The van der Waals surface area contributed by atoms with Crippen molar-refractivity contribution >= 4 is 40.4 Å². The molecule has 13 heteroatoms. The van der Waals surface area contributed by atoms with Crippen LogP contribution in [0.15, 0.2) is 60.0 Å². The summed E-state index contributed by atoms with van der Waals surface area (Å²) >= 11 is -1.06. The number of amides is 2. The van der Waals surface area contributed by atoms with Gasteiger partial charge in [0.15, 0.2) is 0 Å². The van der Waals surface area contributed by atoms with E-state index in [0.29, 0.717) is 23.7 Å². The lowest BCUT2D eigenvalue weighted by Gasteiger charge is -2.22. The van der Waals surface area contributed by atoms with Gasteiger partial charge in [0.05, 0.1) is 31.1 Å². The fourth-order valence-electron chi connectivity index (χ4n) is 3.46. The molecule has 198 valence electrons. The van der Waals surface area contributed by atoms with E-state index in [1.54, 1.807) is 31.4 Å². The molecule has 0 aliphatic rings. The predicted molar refractivity (Wildman–Crippen MR) is 139 cm³/mol. The normalized spacial score (nSPS) is 13.3. The first-order valence-corrected chi connectivity index (χ1v) is 13.0. The third kappa shape index (κ3) is 9.22. The number of benzene rings is 2. The smallest absolute Gasteiger partial charge is 0.407 e. The highest BCUT2D eigenvalue weighted by Gasteiger charge is 2.26. The number of anilines is 1. The maximum absolute atomic E-state index is 13.4. The molecule has 3 rings (SSSR count). The standard InChI is InChI=1S/C24H28N4O7S2/c1-33-14-19-15-36-23(25-19)21(13-17-8-10-18(11-9-17)28-35-37(31)32)26-22(29)20(27-24(30)34-2)12-16-6-4-3-5-7-16/h3-11,15,20-21,28H,12-14H2,1-2H3,(H,26,29)(H,27,30)(H,31,32)/t20-,21-/m0/s1. The van der Waals surface area contributed by atoms with Gasteiger partial charge in [-0.2, -0.15) is 4.21 Å². The topological polar surface area (TPSA) is 148 Å². The maximum Gasteiger partial charge on any atom is 0.407 e. The van der Waals surface area contributed by atoms with Gasteiger partial charge in [-0.1, -0.05) is 42.5 Å². The van der Waals surface area contributed by atoms with Gasteiger partial charge in [-0.25, -0.2) is 15.3 Å². The predicted octanol–water partition coefficient (Wildman–Crippen LogP) is 3.14. The number of nitrogens with zero attached hydrogens (tertiary/aromatic N) is 1. The molecule has 0 radical (unpaired) electrons. The zero-order valence-corrected chi connectivity index (χ0v) is 21.8. The van der Waals surface area contributed by atoms with Crippen LogP contribution in [-0.4, -0.2) is 46.0 Å². The van der Waals surface area contributed by atoms with Crippen LogP contribution in [0, 0.1) is 0 Å². The fraction of sp³-hybridized carbons (Fsp3) is 0.292. The molecule has 1 unspecified atom stereocenters. The van der Waals surface area contributed by atoms with Gasteiger partial charge in [0.2, 0.25) is 5.91 Å². The van der Waals surface area contributed by atoms with Crippen LogP contribution in [0.3, 0.4) is 0 Å². The van der Waals surface area contributed by atoms with Crippen LogP contribution in [0.1, 0.15) is 27.9 Å². The third-order valence-corrected chi connectivity index (χ3v) is 6.41. The average Bonchev–Trinajstić information content (AvgIpc) is 3.36. The molecule has 37 heavy (non-hydrogen) atoms. The van der Waals surface area contributed by atoms with E-state index >= 15 is 0 Å². The van der Waals surface area contributed by atoms with Gasteiger partial charge < -0.3 is 20.1 Å². The highest BCUT2D eigenvalue weighted by molar-refractivity contribution is 7.74. The second-order valence-corrected chi connectivity index (χ2v) is 9.34. The summed E-state index contributed by atoms with van der Waals surface area (Å²) in [6, 6.07) is 14.9. The zero-order valence-electron chi connectivity index (χ0n) is 20.2. The molecule has 4 N–H and O–H groups in total. The lowest BCUT2D eigenvalue weighted by molar-refractivity contribution is -0.123. The van der Waals surface area contributed by atoms with Crippen LogP contribution >= 0.6 is 11.3 Å². The Bertz CT molecular complexity index is 1180. The molecule has 2 aromatic carbocycles. The number of carbonyl (C=O) groups excluding carboxylic acids is 2. The molecule has 0 fully saturated rings. The van der Waals surface area contributed by atoms with Crippen molar-refractivity contribution in [1.29, 1.82) is 0 Å². The van der Waals surface area contributed by atoms with Gasteiger partial charge in [-0.15, -0.1) is 15.6 Å². The van der Waals surface area contributed by atoms with E-state index in [0.717, 1.165) is 16.8 Å². The molecule has 3 atom stereocenters. The zero-order chi connectivity index (χ0) is 26.6. The number of thiazole rings is 1. The largest absolute Gasteiger partial charge is 0.453 e. The molecule has 1 heterocycles. The first-order chi connectivity index (χ1) is 17.9. The first-order valence-electron chi connectivity index (χ1n) is 11.1. The molecule has 11 nitrogen and oxygen atoms in total. The van der Waals surface area contributed by atoms with E-state index in [4.69, 9.17) is 14.0 Å². The van der Waals surface area contributed by atoms with E-state index < -0.39 is 29.5 Å². The second-order valence-electron chi connectivity index (χ2n) is 7.85. The Morgan fingerprint density at radius 3 is 2.38 bits per heavy atom. The van der Waals surface area contributed by atoms with Gasteiger partial charge in [0.1, 0.15) is 11.0 Å². The van der Waals surface area contributed by atoms with Crippen LogP contribution in [0.25, 0.3) is 0 Å². The summed E-state index contributed by atoms with van der Waals surface area (Å²) in [6.45, 7) is 0.338. The Balaban J connectivity index is 1.80. The molecule has 3 aromatic rings. The van der Waals surface area contributed by atoms with Gasteiger partial charge in [-0.3, -0.25) is 9.35 Å². The number of methoxy groups -OCH3 is 2. The number of rotatable bonds is 13. The number of ether oxygens (including phenoxy) is 2. The lowest BCUT2D eigenvalue weighted by Crippen LogP contribution is -2.49. The summed E-state index contributed by atoms with van der Waals surface area (Å²) in [6.07, 6.45) is -0.0403. The van der Waals surface area contributed by atoms with Crippen LogP contribution in [0.5, 0.6) is 0 Å². The van der Waals surface area contributed by atoms with E-state index in [-0.39, 0.29) is 12.3 Å². The fourth-order valence-corrected chi connectivity index (χ4v) is 4.48. The first kappa shape index (κ1) is 28.2. The summed E-state index contributed by atoms with van der Waals surface area (Å²) in [5.41, 5.74) is 5.33. The molecular formula is C24H28N4O7S2. The minimum Gasteiger partial charge on any atom is -0.453 e. The van der Waals surface area contributed by atoms with E-state index in [9.17, 15) is 13.8 Å². The molecule has 0 spiro atoms. The van der Waals surface area contributed by atoms with E-state index in [1.165, 1.54) is 18.4 Å². The highest BCUT2D eigenvalue weighted by atomic mass is 32.2. The molecule has 0 aliphatic carbocycles. The molecule has 1 aromatic heterocycles. The monoisotopic (exact) mass is 548 g/mol. The number of hydrogen-bond donors (Lipinski definition) is 4. The second kappa shape index (κ2) is 14.4. The molecule has 2 amide bonds. The quantitative estimate of drug-likeness (QED) is 0.187. The Hall–Kier alpha value is -3.36. The van der Waals surface area contributed by atoms with Crippen LogP contribution in [0.4, 0.5) is 10.5 Å². The Labute approximate surface area is 221 Å². The third-order valence-electron chi connectivity index (χ3n) is 5.18. The van der Waals surface area contributed by atoms with Crippen molar-refractivity contribution in [2.45, 2.75) is 31.5 Å². The minimum atomic E-state index is -2.45. The number of aromatic nitrogens is 1. The molecule has 0 saturated carbocycles. The molecular weight excluding hydrogens is 520 g/mol. The summed E-state index contributed by atoms with van der Waals surface area (Å²) in [5, 5.41) is 8.19. The number of nitrogens with one attached hydrogen (secondary N) is 3. The van der Waals surface area contributed by atoms with Crippen molar-refractivity contribution in [1.82, 2.24) is 15.6 Å². The van der Waals surface area contributed by atoms with Crippen LogP contribution in [0.2, 0.25) is 0 Å².